The van der Waals surface area contributed by atoms with Crippen LogP contribution in [0.2, 0.25) is 0 Å². The Hall–Kier alpha value is -4.16. The van der Waals surface area contributed by atoms with Crippen molar-refractivity contribution in [3.63, 3.8) is 0 Å². The molecule has 4 aromatic heterocycles. The summed E-state index contributed by atoms with van der Waals surface area (Å²) < 4.78 is 27.3. The van der Waals surface area contributed by atoms with Gasteiger partial charge in [0, 0.05) is 23.2 Å². The monoisotopic (exact) mass is 504 g/mol. The van der Waals surface area contributed by atoms with Gasteiger partial charge in [0.25, 0.3) is 0 Å². The second-order valence-corrected chi connectivity index (χ2v) is 10.5. The molecule has 1 atom stereocenters. The molecule has 0 saturated heterocycles. The van der Waals surface area contributed by atoms with Crippen molar-refractivity contribution in [3.8, 4) is 11.6 Å². The van der Waals surface area contributed by atoms with E-state index in [1.54, 1.807) is 32.3 Å². The Morgan fingerprint density at radius 3 is 2.50 bits per heavy atom. The van der Waals surface area contributed by atoms with Crippen molar-refractivity contribution in [2.24, 2.45) is 0 Å². The zero-order valence-electron chi connectivity index (χ0n) is 20.1. The number of aromatic nitrogens is 7. The molecule has 0 fully saturated rings. The first-order valence-corrected chi connectivity index (χ1v) is 13.0. The van der Waals surface area contributed by atoms with Crippen molar-refractivity contribution >= 4 is 32.4 Å². The molecule has 0 saturated carbocycles. The summed E-state index contributed by atoms with van der Waals surface area (Å²) in [4.78, 5) is 9.27. The average molecular weight is 505 g/mol. The number of hydrogen-bond acceptors (Lipinski definition) is 9. The topological polar surface area (TPSA) is 141 Å². The fraction of sp³-hybridized carbons (Fsp3) is 0.208. The van der Waals surface area contributed by atoms with Gasteiger partial charge >= 0.3 is 0 Å². The van der Waals surface area contributed by atoms with Gasteiger partial charge in [-0.25, -0.2) is 23.1 Å². The zero-order chi connectivity index (χ0) is 25.6. The number of aliphatic hydroxyl groups is 1. The normalized spacial score (nSPS) is 12.7. The molecule has 36 heavy (non-hydrogen) atoms. The fourth-order valence-corrected chi connectivity index (χ4v) is 4.42. The van der Waals surface area contributed by atoms with E-state index >= 15 is 0 Å². The van der Waals surface area contributed by atoms with Crippen LogP contribution >= 0.6 is 0 Å². The maximum atomic E-state index is 12.0. The molecule has 0 bridgehead atoms. The number of hydrogen-bond donors (Lipinski definition) is 2. The van der Waals surface area contributed by atoms with Gasteiger partial charge in [-0.3, -0.25) is 4.57 Å². The Bertz CT molecular complexity index is 1690. The minimum Gasteiger partial charge on any atom is -0.389 e. The molecule has 4 heterocycles. The molecule has 12 heteroatoms. The van der Waals surface area contributed by atoms with Crippen molar-refractivity contribution in [2.75, 3.05) is 11.6 Å². The summed E-state index contributed by atoms with van der Waals surface area (Å²) in [6.07, 6.45) is 1.92. The van der Waals surface area contributed by atoms with Crippen molar-refractivity contribution < 1.29 is 13.5 Å². The summed E-state index contributed by atoms with van der Waals surface area (Å²) in [6, 6.07) is 14.5. The Labute approximate surface area is 207 Å². The molecule has 5 aromatic rings. The summed E-state index contributed by atoms with van der Waals surface area (Å²) in [6.45, 7) is 5.23. The van der Waals surface area contributed by atoms with Crippen molar-refractivity contribution in [1.82, 2.24) is 34.5 Å². The Balaban J connectivity index is 1.56. The van der Waals surface area contributed by atoms with E-state index in [0.717, 1.165) is 28.7 Å². The van der Waals surface area contributed by atoms with Gasteiger partial charge in [0.1, 0.15) is 12.1 Å². The van der Waals surface area contributed by atoms with Crippen molar-refractivity contribution in [3.05, 3.63) is 71.8 Å². The number of nitrogens with one attached hydrogen (secondary N) is 1. The molecule has 2 N–H and O–H groups in total. The lowest BCUT2D eigenvalue weighted by Crippen LogP contribution is -2.11. The van der Waals surface area contributed by atoms with Crippen LogP contribution in [0.5, 0.6) is 0 Å². The van der Waals surface area contributed by atoms with E-state index < -0.39 is 15.9 Å². The number of benzene rings is 1. The Kier molecular flexibility index (Phi) is 5.77. The van der Waals surface area contributed by atoms with E-state index in [1.807, 2.05) is 41.8 Å². The first-order chi connectivity index (χ1) is 17.1. The summed E-state index contributed by atoms with van der Waals surface area (Å²) in [5.41, 5.74) is 4.28. The van der Waals surface area contributed by atoms with Crippen LogP contribution in [0, 0.1) is 13.8 Å². The number of pyridine rings is 1. The Morgan fingerprint density at radius 2 is 1.83 bits per heavy atom. The first-order valence-electron chi connectivity index (χ1n) is 11.1. The van der Waals surface area contributed by atoms with Crippen LogP contribution in [0.15, 0.2) is 59.9 Å². The number of rotatable bonds is 6. The molecular weight excluding hydrogens is 480 g/mol. The molecule has 0 spiro atoms. The van der Waals surface area contributed by atoms with Crippen LogP contribution in [0.25, 0.3) is 22.7 Å². The minimum absolute atomic E-state index is 0.0601. The van der Waals surface area contributed by atoms with Crippen LogP contribution in [-0.4, -0.2) is 54.3 Å². The Morgan fingerprint density at radius 1 is 1.03 bits per heavy atom. The lowest BCUT2D eigenvalue weighted by Gasteiger charge is -2.15. The fourth-order valence-electron chi connectivity index (χ4n) is 3.81. The summed E-state index contributed by atoms with van der Waals surface area (Å²) in [5.74, 6) is 1.51. The first kappa shape index (κ1) is 23.6. The smallest absolute Gasteiger partial charge is 0.194 e. The third-order valence-corrected chi connectivity index (χ3v) is 6.61. The molecule has 0 aliphatic rings. The van der Waals surface area contributed by atoms with E-state index in [9.17, 15) is 13.5 Å². The van der Waals surface area contributed by atoms with Crippen LogP contribution in [0.1, 0.15) is 30.0 Å². The van der Waals surface area contributed by atoms with Gasteiger partial charge in [0.05, 0.1) is 22.8 Å². The van der Waals surface area contributed by atoms with Gasteiger partial charge in [-0.2, -0.15) is 10.2 Å². The van der Waals surface area contributed by atoms with Gasteiger partial charge < -0.3 is 10.4 Å². The third kappa shape index (κ3) is 4.43. The quantitative estimate of drug-likeness (QED) is 0.356. The molecule has 11 nitrogen and oxygen atoms in total. The predicted molar refractivity (Wildman–Crippen MR) is 135 cm³/mol. The van der Waals surface area contributed by atoms with Crippen LogP contribution in [-0.2, 0) is 9.84 Å². The average Bonchev–Trinajstić information content (AvgIpc) is 3.43. The number of fused-ring (bicyclic) bond motifs is 1. The summed E-state index contributed by atoms with van der Waals surface area (Å²) in [7, 11) is -3.51. The van der Waals surface area contributed by atoms with E-state index in [2.05, 4.69) is 25.6 Å². The standard InChI is InChI=1S/C24H24N8O3S/c1-14-5-9-21(29-28-14)26-17-6-8-20-19(12-17)25-13-31(20)22-10-7-18(16(3)33)24(27-22)32-15(2)11-23(30-32)36(4,34)35/h5-13,16,33H,1-4H3,(H,26,29). The zero-order valence-corrected chi connectivity index (χ0v) is 20.9. The van der Waals surface area contributed by atoms with Gasteiger partial charge in [0.15, 0.2) is 26.5 Å². The van der Waals surface area contributed by atoms with Gasteiger partial charge in [0.2, 0.25) is 0 Å². The van der Waals surface area contributed by atoms with E-state index in [1.165, 1.54) is 10.7 Å². The SMILES string of the molecule is Cc1ccc(Nc2ccc3c(c2)ncn3-c2ccc(C(C)O)c(-n3nc(S(C)(=O)=O)cc3C)n2)nn1. The molecule has 1 unspecified atom stereocenters. The molecule has 0 aliphatic heterocycles. The van der Waals surface area contributed by atoms with Gasteiger partial charge in [-0.05, 0) is 69.3 Å². The van der Waals surface area contributed by atoms with Crippen LogP contribution in [0.4, 0.5) is 11.5 Å². The maximum absolute atomic E-state index is 12.0. The third-order valence-electron chi connectivity index (χ3n) is 5.65. The van der Waals surface area contributed by atoms with Gasteiger partial charge in [-0.15, -0.1) is 5.10 Å². The molecule has 0 amide bonds. The number of sulfone groups is 1. The van der Waals surface area contributed by atoms with E-state index in [-0.39, 0.29) is 5.03 Å². The second kappa shape index (κ2) is 8.81. The van der Waals surface area contributed by atoms with Crippen molar-refractivity contribution in [2.45, 2.75) is 31.9 Å². The highest BCUT2D eigenvalue weighted by Gasteiger charge is 2.20. The largest absolute Gasteiger partial charge is 0.389 e. The summed E-state index contributed by atoms with van der Waals surface area (Å²) >= 11 is 0. The highest BCUT2D eigenvalue weighted by Crippen LogP contribution is 2.27. The molecule has 184 valence electrons. The lowest BCUT2D eigenvalue weighted by molar-refractivity contribution is 0.198. The number of aliphatic hydroxyl groups excluding tert-OH is 1. The van der Waals surface area contributed by atoms with Crippen LogP contribution in [0.3, 0.4) is 0 Å². The highest BCUT2D eigenvalue weighted by molar-refractivity contribution is 7.90. The van der Waals surface area contributed by atoms with E-state index in [0.29, 0.717) is 28.7 Å². The van der Waals surface area contributed by atoms with E-state index in [4.69, 9.17) is 4.98 Å². The number of imidazole rings is 1. The number of aryl methyl sites for hydroxylation is 2. The van der Waals surface area contributed by atoms with Gasteiger partial charge in [-0.1, -0.05) is 0 Å². The van der Waals surface area contributed by atoms with Crippen molar-refractivity contribution in [1.29, 1.82) is 0 Å². The second-order valence-electron chi connectivity index (χ2n) is 8.57. The molecular formula is C24H24N8O3S. The minimum atomic E-state index is -3.51. The number of anilines is 2. The molecule has 0 radical (unpaired) electrons. The number of nitrogens with zero attached hydrogens (tertiary/aromatic N) is 7. The van der Waals surface area contributed by atoms with Crippen LogP contribution < -0.4 is 5.32 Å². The maximum Gasteiger partial charge on any atom is 0.194 e. The highest BCUT2D eigenvalue weighted by atomic mass is 32.2. The predicted octanol–water partition coefficient (Wildman–Crippen LogP) is 3.21. The molecule has 5 rings (SSSR count). The lowest BCUT2D eigenvalue weighted by atomic mass is 10.1. The summed E-state index contributed by atoms with van der Waals surface area (Å²) in [5, 5.41) is 25.9. The molecule has 1 aromatic carbocycles. The molecule has 0 aliphatic carbocycles.